The number of likely N-dealkylation sites (N-methyl/N-ethyl adjacent to an activating group) is 1. The molecule has 0 heterocycles. The van der Waals surface area contributed by atoms with Crippen molar-refractivity contribution in [2.24, 2.45) is 0 Å². The summed E-state index contributed by atoms with van der Waals surface area (Å²) in [6, 6.07) is 4.87. The second kappa shape index (κ2) is 7.07. The van der Waals surface area contributed by atoms with E-state index in [4.69, 9.17) is 0 Å². The molecule has 0 aromatic heterocycles. The fourth-order valence-corrected chi connectivity index (χ4v) is 1.78. The molecular formula is C11H14BrN3O3. The topological polar surface area (TPSA) is 84.3 Å². The second-order valence-electron chi connectivity index (χ2n) is 3.60. The van der Waals surface area contributed by atoms with E-state index in [0.29, 0.717) is 17.6 Å². The highest BCUT2D eigenvalue weighted by atomic mass is 79.9. The van der Waals surface area contributed by atoms with E-state index in [1.807, 2.05) is 6.92 Å². The lowest BCUT2D eigenvalue weighted by Gasteiger charge is -2.05. The molecule has 1 amide bonds. The molecule has 1 aromatic rings. The van der Waals surface area contributed by atoms with Gasteiger partial charge < -0.3 is 10.6 Å². The number of amides is 1. The summed E-state index contributed by atoms with van der Waals surface area (Å²) in [5, 5.41) is 16.3. The third-order valence-electron chi connectivity index (χ3n) is 2.20. The molecule has 0 aliphatic carbocycles. The first-order valence-corrected chi connectivity index (χ1v) is 6.24. The summed E-state index contributed by atoms with van der Waals surface area (Å²) in [7, 11) is 0. The van der Waals surface area contributed by atoms with Gasteiger partial charge in [0, 0.05) is 19.2 Å². The van der Waals surface area contributed by atoms with Gasteiger partial charge in [-0.2, -0.15) is 0 Å². The first kappa shape index (κ1) is 14.6. The van der Waals surface area contributed by atoms with E-state index < -0.39 is 4.92 Å². The van der Waals surface area contributed by atoms with E-state index in [1.165, 1.54) is 6.07 Å². The van der Waals surface area contributed by atoms with E-state index >= 15 is 0 Å². The quantitative estimate of drug-likeness (QED) is 0.616. The number of nitro benzene ring substituents is 1. The van der Waals surface area contributed by atoms with E-state index in [0.717, 1.165) is 5.56 Å². The molecular weight excluding hydrogens is 302 g/mol. The zero-order valence-electron chi connectivity index (χ0n) is 9.90. The normalized spacial score (nSPS) is 10.1. The van der Waals surface area contributed by atoms with Gasteiger partial charge in [-0.05, 0) is 34.5 Å². The Hall–Kier alpha value is -1.47. The number of carbonyl (C=O) groups is 1. The molecule has 0 aliphatic rings. The molecule has 0 saturated carbocycles. The zero-order valence-corrected chi connectivity index (χ0v) is 11.5. The summed E-state index contributed by atoms with van der Waals surface area (Å²) in [4.78, 5) is 21.5. The van der Waals surface area contributed by atoms with Crippen molar-refractivity contribution < 1.29 is 9.72 Å². The van der Waals surface area contributed by atoms with Crippen LogP contribution in [0.5, 0.6) is 0 Å². The van der Waals surface area contributed by atoms with Gasteiger partial charge in [-0.15, -0.1) is 0 Å². The van der Waals surface area contributed by atoms with Crippen molar-refractivity contribution in [1.29, 1.82) is 0 Å². The minimum atomic E-state index is -0.447. The molecule has 1 aromatic carbocycles. The van der Waals surface area contributed by atoms with Crippen molar-refractivity contribution in [1.82, 2.24) is 10.6 Å². The van der Waals surface area contributed by atoms with Crippen LogP contribution < -0.4 is 10.6 Å². The molecule has 98 valence electrons. The van der Waals surface area contributed by atoms with Crippen molar-refractivity contribution in [3.63, 3.8) is 0 Å². The average molecular weight is 316 g/mol. The van der Waals surface area contributed by atoms with Crippen LogP contribution in [0, 0.1) is 10.1 Å². The van der Waals surface area contributed by atoms with Crippen LogP contribution in [0.15, 0.2) is 22.7 Å². The summed E-state index contributed by atoms with van der Waals surface area (Å²) in [5.74, 6) is -0.0934. The molecule has 0 atom stereocenters. The van der Waals surface area contributed by atoms with Crippen LogP contribution in [0.1, 0.15) is 12.5 Å². The third-order valence-corrected chi connectivity index (χ3v) is 2.87. The maximum Gasteiger partial charge on any atom is 0.283 e. The Balaban J connectivity index is 2.55. The number of benzene rings is 1. The molecule has 1 rings (SSSR count). The van der Waals surface area contributed by atoms with E-state index in [1.54, 1.807) is 12.1 Å². The minimum Gasteiger partial charge on any atom is -0.355 e. The fourth-order valence-electron chi connectivity index (χ4n) is 1.39. The Kier molecular flexibility index (Phi) is 5.73. The van der Waals surface area contributed by atoms with E-state index in [9.17, 15) is 14.9 Å². The van der Waals surface area contributed by atoms with E-state index in [2.05, 4.69) is 26.6 Å². The number of hydrogen-bond donors (Lipinski definition) is 2. The lowest BCUT2D eigenvalue weighted by Crippen LogP contribution is -2.33. The SMILES string of the molecule is CCNC(=O)CNCc1ccc(Br)c([N+](=O)[O-])c1. The minimum absolute atomic E-state index is 0.0207. The monoisotopic (exact) mass is 315 g/mol. The molecule has 0 aliphatic heterocycles. The molecule has 0 unspecified atom stereocenters. The predicted octanol–water partition coefficient (Wildman–Crippen LogP) is 1.58. The highest BCUT2D eigenvalue weighted by Gasteiger charge is 2.12. The lowest BCUT2D eigenvalue weighted by molar-refractivity contribution is -0.385. The summed E-state index contributed by atoms with van der Waals surface area (Å²) in [6.07, 6.45) is 0. The van der Waals surface area contributed by atoms with Crippen molar-refractivity contribution in [2.75, 3.05) is 13.1 Å². The van der Waals surface area contributed by atoms with Crippen LogP contribution in [0.2, 0.25) is 0 Å². The van der Waals surface area contributed by atoms with Crippen molar-refractivity contribution in [3.8, 4) is 0 Å². The van der Waals surface area contributed by atoms with Gasteiger partial charge in [0.15, 0.2) is 0 Å². The molecule has 0 radical (unpaired) electrons. The number of nitro groups is 1. The standard InChI is InChI=1S/C11H14BrN3O3/c1-2-14-11(16)7-13-6-8-3-4-9(12)10(5-8)15(17)18/h3-5,13H,2,6-7H2,1H3,(H,14,16). The number of nitrogens with zero attached hydrogens (tertiary/aromatic N) is 1. The molecule has 0 spiro atoms. The van der Waals surface area contributed by atoms with Crippen LogP contribution in [0.4, 0.5) is 5.69 Å². The second-order valence-corrected chi connectivity index (χ2v) is 4.45. The number of nitrogens with one attached hydrogen (secondary N) is 2. The van der Waals surface area contributed by atoms with Gasteiger partial charge in [0.1, 0.15) is 0 Å². The van der Waals surface area contributed by atoms with Crippen molar-refractivity contribution in [2.45, 2.75) is 13.5 Å². The molecule has 2 N–H and O–H groups in total. The smallest absolute Gasteiger partial charge is 0.283 e. The summed E-state index contributed by atoms with van der Waals surface area (Å²) in [6.45, 7) is 3.03. The van der Waals surface area contributed by atoms with Gasteiger partial charge >= 0.3 is 0 Å². The highest BCUT2D eigenvalue weighted by molar-refractivity contribution is 9.10. The highest BCUT2D eigenvalue weighted by Crippen LogP contribution is 2.25. The third kappa shape index (κ3) is 4.42. The lowest BCUT2D eigenvalue weighted by atomic mass is 10.2. The van der Waals surface area contributed by atoms with Gasteiger partial charge in [-0.1, -0.05) is 6.07 Å². The number of hydrogen-bond acceptors (Lipinski definition) is 4. The summed E-state index contributed by atoms with van der Waals surface area (Å²) in [5.41, 5.74) is 0.779. The zero-order chi connectivity index (χ0) is 13.5. The van der Waals surface area contributed by atoms with Crippen molar-refractivity contribution >= 4 is 27.5 Å². The molecule has 6 nitrogen and oxygen atoms in total. The average Bonchev–Trinajstić information content (AvgIpc) is 2.31. The maximum atomic E-state index is 11.2. The Labute approximate surface area is 113 Å². The fraction of sp³-hybridized carbons (Fsp3) is 0.364. The molecule has 18 heavy (non-hydrogen) atoms. The molecule has 7 heteroatoms. The van der Waals surface area contributed by atoms with Crippen LogP contribution in [0.3, 0.4) is 0 Å². The Morgan fingerprint density at radius 1 is 1.50 bits per heavy atom. The summed E-state index contributed by atoms with van der Waals surface area (Å²) < 4.78 is 0.444. The number of carbonyl (C=O) groups excluding carboxylic acids is 1. The number of rotatable bonds is 6. The van der Waals surface area contributed by atoms with Crippen molar-refractivity contribution in [3.05, 3.63) is 38.3 Å². The number of halogens is 1. The first-order chi connectivity index (χ1) is 8.54. The first-order valence-electron chi connectivity index (χ1n) is 5.44. The van der Waals surface area contributed by atoms with Crippen LogP contribution in [-0.2, 0) is 11.3 Å². The van der Waals surface area contributed by atoms with Gasteiger partial charge in [-0.3, -0.25) is 14.9 Å². The summed E-state index contributed by atoms with van der Waals surface area (Å²) >= 11 is 3.12. The largest absolute Gasteiger partial charge is 0.355 e. The molecule has 0 fully saturated rings. The van der Waals surface area contributed by atoms with Gasteiger partial charge in [0.25, 0.3) is 5.69 Å². The van der Waals surface area contributed by atoms with Crippen LogP contribution >= 0.6 is 15.9 Å². The van der Waals surface area contributed by atoms with E-state index in [-0.39, 0.29) is 18.1 Å². The van der Waals surface area contributed by atoms with Gasteiger partial charge in [0.2, 0.25) is 5.91 Å². The Morgan fingerprint density at radius 2 is 2.22 bits per heavy atom. The maximum absolute atomic E-state index is 11.2. The molecule has 0 bridgehead atoms. The Morgan fingerprint density at radius 3 is 2.83 bits per heavy atom. The van der Waals surface area contributed by atoms with Gasteiger partial charge in [-0.25, -0.2) is 0 Å². The molecule has 0 saturated heterocycles. The van der Waals surface area contributed by atoms with Crippen LogP contribution in [-0.4, -0.2) is 23.9 Å². The Bertz CT molecular complexity index is 451. The van der Waals surface area contributed by atoms with Crippen LogP contribution in [0.25, 0.3) is 0 Å². The van der Waals surface area contributed by atoms with Gasteiger partial charge in [0.05, 0.1) is 15.9 Å². The predicted molar refractivity (Wildman–Crippen MR) is 71.2 cm³/mol.